The number of benzene rings is 1. The van der Waals surface area contributed by atoms with Gasteiger partial charge in [-0.3, -0.25) is 4.79 Å². The predicted octanol–water partition coefficient (Wildman–Crippen LogP) is 3.73. The highest BCUT2D eigenvalue weighted by atomic mass is 35.5. The zero-order valence-electron chi connectivity index (χ0n) is 22.2. The summed E-state index contributed by atoms with van der Waals surface area (Å²) in [4.78, 5) is 15.0. The van der Waals surface area contributed by atoms with E-state index in [2.05, 4.69) is 16.5 Å². The van der Waals surface area contributed by atoms with Crippen LogP contribution in [0.3, 0.4) is 0 Å². The SMILES string of the molecule is Cc1cc(N2C[C@H](S(=O)(=O)c3ccc(OCC(F)(F)F)cc3Cl)C[C@H]2C(=O)NC2(C#N)CC2)n(C2CCOCC2)n1. The molecule has 1 amide bonds. The normalized spacial score (nSPS) is 22.8. The number of aryl methyl sites for hydroxylation is 1. The van der Waals surface area contributed by atoms with E-state index in [1.54, 1.807) is 4.90 Å². The highest BCUT2D eigenvalue weighted by Gasteiger charge is 2.50. The smallest absolute Gasteiger partial charge is 0.422 e. The van der Waals surface area contributed by atoms with Crippen LogP contribution in [0.15, 0.2) is 29.2 Å². The summed E-state index contributed by atoms with van der Waals surface area (Å²) in [7, 11) is -4.15. The van der Waals surface area contributed by atoms with Crippen molar-refractivity contribution < 1.29 is 35.9 Å². The molecule has 2 saturated heterocycles. The third-order valence-corrected chi connectivity index (χ3v) is 10.2. The first-order valence-electron chi connectivity index (χ1n) is 13.2. The molecule has 0 unspecified atom stereocenters. The minimum Gasteiger partial charge on any atom is -0.484 e. The Labute approximate surface area is 240 Å². The lowest BCUT2D eigenvalue weighted by Gasteiger charge is -2.30. The van der Waals surface area contributed by atoms with Gasteiger partial charge in [-0.1, -0.05) is 11.6 Å². The van der Waals surface area contributed by atoms with Gasteiger partial charge in [0.05, 0.1) is 33.0 Å². The van der Waals surface area contributed by atoms with Gasteiger partial charge in [-0.05, 0) is 51.2 Å². The van der Waals surface area contributed by atoms with Crippen molar-refractivity contribution in [2.24, 2.45) is 0 Å². The van der Waals surface area contributed by atoms with Crippen LogP contribution in [0, 0.1) is 18.3 Å². The van der Waals surface area contributed by atoms with E-state index in [0.717, 1.165) is 18.2 Å². The maximum absolute atomic E-state index is 13.8. The molecule has 3 heterocycles. The molecule has 2 aromatic rings. The van der Waals surface area contributed by atoms with Crippen molar-refractivity contribution in [1.29, 1.82) is 5.26 Å². The second-order valence-electron chi connectivity index (χ2n) is 10.7. The fourth-order valence-electron chi connectivity index (χ4n) is 5.30. The molecule has 1 aliphatic carbocycles. The Hall–Kier alpha value is -3.02. The Bertz CT molecular complexity index is 1460. The Morgan fingerprint density at radius 1 is 1.29 bits per heavy atom. The minimum absolute atomic E-state index is 0.000566. The van der Waals surface area contributed by atoms with E-state index in [1.807, 2.05) is 17.7 Å². The van der Waals surface area contributed by atoms with Crippen LogP contribution in [0.25, 0.3) is 0 Å². The molecule has 5 rings (SSSR count). The molecule has 0 bridgehead atoms. The molecule has 3 aliphatic rings. The quantitative estimate of drug-likeness (QED) is 0.476. The van der Waals surface area contributed by atoms with E-state index in [0.29, 0.717) is 50.4 Å². The highest BCUT2D eigenvalue weighted by Crippen LogP contribution is 2.39. The number of nitrogens with zero attached hydrogens (tertiary/aromatic N) is 4. The molecule has 1 aromatic carbocycles. The van der Waals surface area contributed by atoms with Gasteiger partial charge in [-0.25, -0.2) is 13.1 Å². The molecule has 41 heavy (non-hydrogen) atoms. The summed E-state index contributed by atoms with van der Waals surface area (Å²) < 4.78 is 77.3. The van der Waals surface area contributed by atoms with Gasteiger partial charge in [-0.15, -0.1) is 0 Å². The van der Waals surface area contributed by atoms with Crippen LogP contribution in [0.5, 0.6) is 5.75 Å². The van der Waals surface area contributed by atoms with Crippen molar-refractivity contribution in [2.75, 3.05) is 31.3 Å². The second-order valence-corrected chi connectivity index (χ2v) is 13.3. The molecule has 3 fully saturated rings. The maximum Gasteiger partial charge on any atom is 0.422 e. The number of hydrogen-bond donors (Lipinski definition) is 1. The van der Waals surface area contributed by atoms with Gasteiger partial charge in [0.2, 0.25) is 5.91 Å². The number of carbonyl (C=O) groups excluding carboxylic acids is 1. The van der Waals surface area contributed by atoms with Gasteiger partial charge in [0, 0.05) is 31.9 Å². The van der Waals surface area contributed by atoms with Crippen LogP contribution >= 0.6 is 11.6 Å². The van der Waals surface area contributed by atoms with Crippen molar-refractivity contribution in [2.45, 2.75) is 73.0 Å². The summed E-state index contributed by atoms with van der Waals surface area (Å²) >= 11 is 6.24. The summed E-state index contributed by atoms with van der Waals surface area (Å²) in [5.74, 6) is -0.0872. The first-order valence-corrected chi connectivity index (χ1v) is 15.1. The van der Waals surface area contributed by atoms with Crippen LogP contribution in [-0.4, -0.2) is 73.5 Å². The lowest BCUT2D eigenvalue weighted by atomic mass is 10.1. The van der Waals surface area contributed by atoms with Gasteiger partial charge in [0.25, 0.3) is 0 Å². The Morgan fingerprint density at radius 3 is 2.61 bits per heavy atom. The number of aromatic nitrogens is 2. The average Bonchev–Trinajstić information content (AvgIpc) is 3.36. The van der Waals surface area contributed by atoms with Gasteiger partial charge >= 0.3 is 6.18 Å². The topological polar surface area (TPSA) is 127 Å². The van der Waals surface area contributed by atoms with Crippen molar-refractivity contribution >= 4 is 33.2 Å². The Kier molecular flexibility index (Phi) is 7.90. The minimum atomic E-state index is -4.57. The molecule has 0 radical (unpaired) electrons. The summed E-state index contributed by atoms with van der Waals surface area (Å²) in [6.45, 7) is 1.31. The van der Waals surface area contributed by atoms with E-state index in [4.69, 9.17) is 21.1 Å². The van der Waals surface area contributed by atoms with E-state index < -0.39 is 45.4 Å². The monoisotopic (exact) mass is 615 g/mol. The van der Waals surface area contributed by atoms with E-state index >= 15 is 0 Å². The zero-order valence-corrected chi connectivity index (χ0v) is 23.7. The van der Waals surface area contributed by atoms with Crippen LogP contribution < -0.4 is 15.0 Å². The number of ether oxygens (including phenoxy) is 2. The number of hydrogen-bond acceptors (Lipinski definition) is 8. The van der Waals surface area contributed by atoms with Crippen LogP contribution in [0.2, 0.25) is 5.02 Å². The predicted molar refractivity (Wildman–Crippen MR) is 142 cm³/mol. The number of halogens is 4. The van der Waals surface area contributed by atoms with Gasteiger partial charge < -0.3 is 19.7 Å². The van der Waals surface area contributed by atoms with Crippen LogP contribution in [-0.2, 0) is 19.4 Å². The van der Waals surface area contributed by atoms with Crippen molar-refractivity contribution in [1.82, 2.24) is 15.1 Å². The lowest BCUT2D eigenvalue weighted by Crippen LogP contribution is -2.48. The number of alkyl halides is 3. The molecule has 1 saturated carbocycles. The first kappa shape index (κ1) is 29.5. The molecular formula is C26H29ClF3N5O5S. The molecule has 222 valence electrons. The molecule has 2 atom stereocenters. The van der Waals surface area contributed by atoms with Gasteiger partial charge in [0.1, 0.15) is 23.1 Å². The molecule has 15 heteroatoms. The third kappa shape index (κ3) is 6.27. The average molecular weight is 616 g/mol. The summed E-state index contributed by atoms with van der Waals surface area (Å²) in [6.07, 6.45) is -2.22. The lowest BCUT2D eigenvalue weighted by molar-refractivity contribution is -0.153. The molecule has 10 nitrogen and oxygen atoms in total. The first-order chi connectivity index (χ1) is 19.3. The van der Waals surface area contributed by atoms with Crippen molar-refractivity contribution in [3.8, 4) is 11.8 Å². The number of rotatable bonds is 8. The number of carbonyl (C=O) groups is 1. The van der Waals surface area contributed by atoms with Crippen molar-refractivity contribution in [3.63, 3.8) is 0 Å². The van der Waals surface area contributed by atoms with E-state index in [-0.39, 0.29) is 34.7 Å². The van der Waals surface area contributed by atoms with Gasteiger partial charge in [-0.2, -0.15) is 23.5 Å². The molecule has 1 N–H and O–H groups in total. The van der Waals surface area contributed by atoms with Crippen LogP contribution in [0.4, 0.5) is 19.0 Å². The summed E-state index contributed by atoms with van der Waals surface area (Å²) in [6, 6.07) is 6.29. The maximum atomic E-state index is 13.8. The molecular weight excluding hydrogens is 587 g/mol. The van der Waals surface area contributed by atoms with Crippen molar-refractivity contribution in [3.05, 3.63) is 35.0 Å². The number of anilines is 1. The number of amides is 1. The largest absolute Gasteiger partial charge is 0.484 e. The summed E-state index contributed by atoms with van der Waals surface area (Å²) in [5.41, 5.74) is -0.253. The second kappa shape index (κ2) is 11.0. The molecule has 1 aromatic heterocycles. The fraction of sp³-hybridized carbons (Fsp3) is 0.577. The molecule has 0 spiro atoms. The van der Waals surface area contributed by atoms with E-state index in [9.17, 15) is 31.6 Å². The Morgan fingerprint density at radius 2 is 2.00 bits per heavy atom. The Balaban J connectivity index is 1.45. The number of nitriles is 1. The van der Waals surface area contributed by atoms with Crippen LogP contribution in [0.1, 0.15) is 43.8 Å². The standard InChI is InChI=1S/C26H29ClF3N5O5S/c1-16-10-23(35(33-16)17-4-8-39-9-5-17)34-13-19(12-21(34)24(36)32-25(14-31)6-7-25)41(37,38)22-3-2-18(11-20(22)27)40-15-26(28,29)30/h2-3,10-11,17,19,21H,4-9,12-13,15H2,1H3,(H,32,36)/t19-,21+/m1/s1. The number of sulfone groups is 1. The third-order valence-electron chi connectivity index (χ3n) is 7.61. The summed E-state index contributed by atoms with van der Waals surface area (Å²) in [5, 5.41) is 15.6. The van der Waals surface area contributed by atoms with Gasteiger partial charge in [0.15, 0.2) is 16.4 Å². The number of nitrogens with one attached hydrogen (secondary N) is 1. The highest BCUT2D eigenvalue weighted by molar-refractivity contribution is 7.92. The fourth-order valence-corrected chi connectivity index (χ4v) is 7.53. The molecule has 2 aliphatic heterocycles. The zero-order chi connectivity index (χ0) is 29.6. The van der Waals surface area contributed by atoms with E-state index in [1.165, 1.54) is 0 Å².